The summed E-state index contributed by atoms with van der Waals surface area (Å²) in [4.78, 5) is 0.0373. The number of benzene rings is 1. The molecule has 0 saturated carbocycles. The average Bonchev–Trinajstić information content (AvgIpc) is 2.66. The van der Waals surface area contributed by atoms with Gasteiger partial charge in [-0.25, -0.2) is 8.42 Å². The van der Waals surface area contributed by atoms with Crippen LogP contribution >= 0.6 is 12.4 Å². The van der Waals surface area contributed by atoms with Crippen molar-refractivity contribution in [2.75, 3.05) is 26.2 Å². The fourth-order valence-electron chi connectivity index (χ4n) is 2.22. The number of sulfonamides is 1. The SMILES string of the molecule is Cl.O=S(=O)(c1ccc(CC(F)(F)F)cc1)N1CCCNCC1. The Kier molecular flexibility index (Phi) is 6.66. The van der Waals surface area contributed by atoms with Gasteiger partial charge in [-0.15, -0.1) is 12.4 Å². The molecule has 1 aliphatic heterocycles. The van der Waals surface area contributed by atoms with Crippen molar-refractivity contribution >= 4 is 22.4 Å². The summed E-state index contributed by atoms with van der Waals surface area (Å²) in [6.45, 7) is 2.12. The van der Waals surface area contributed by atoms with E-state index in [0.717, 1.165) is 6.54 Å². The Hall–Kier alpha value is -0.830. The molecule has 0 bridgehead atoms. The minimum absolute atomic E-state index is 0. The standard InChI is InChI=1S/C13H17F3N2O2S.ClH/c14-13(15,16)10-11-2-4-12(5-3-11)21(19,20)18-8-1-6-17-7-9-18;/h2-5,17H,1,6-10H2;1H. The van der Waals surface area contributed by atoms with E-state index in [1.807, 2.05) is 0 Å². The first-order chi connectivity index (χ1) is 9.79. The van der Waals surface area contributed by atoms with E-state index < -0.39 is 22.6 Å². The van der Waals surface area contributed by atoms with E-state index in [-0.39, 0.29) is 22.9 Å². The van der Waals surface area contributed by atoms with Gasteiger partial charge in [0.1, 0.15) is 0 Å². The minimum atomic E-state index is -4.29. The third kappa shape index (κ3) is 5.12. The molecule has 0 unspecified atom stereocenters. The topological polar surface area (TPSA) is 49.4 Å². The highest BCUT2D eigenvalue weighted by Crippen LogP contribution is 2.23. The molecule has 4 nitrogen and oxygen atoms in total. The fourth-order valence-corrected chi connectivity index (χ4v) is 3.70. The largest absolute Gasteiger partial charge is 0.393 e. The van der Waals surface area contributed by atoms with Crippen molar-refractivity contribution in [3.63, 3.8) is 0 Å². The van der Waals surface area contributed by atoms with E-state index in [2.05, 4.69) is 5.32 Å². The predicted octanol–water partition coefficient (Wildman–Crippen LogP) is 2.20. The van der Waals surface area contributed by atoms with Gasteiger partial charge in [-0.2, -0.15) is 17.5 Å². The van der Waals surface area contributed by atoms with Gasteiger partial charge < -0.3 is 5.32 Å². The van der Waals surface area contributed by atoms with Crippen LogP contribution in [0.25, 0.3) is 0 Å². The highest BCUT2D eigenvalue weighted by atomic mass is 35.5. The van der Waals surface area contributed by atoms with E-state index in [1.54, 1.807) is 0 Å². The van der Waals surface area contributed by atoms with Crippen molar-refractivity contribution in [1.82, 2.24) is 9.62 Å². The molecule has 0 aromatic heterocycles. The molecule has 1 saturated heterocycles. The van der Waals surface area contributed by atoms with Gasteiger partial charge in [-0.3, -0.25) is 0 Å². The maximum Gasteiger partial charge on any atom is 0.393 e. The number of nitrogens with zero attached hydrogens (tertiary/aromatic N) is 1. The molecule has 2 rings (SSSR count). The third-order valence-electron chi connectivity index (χ3n) is 3.26. The lowest BCUT2D eigenvalue weighted by molar-refractivity contribution is -0.127. The summed E-state index contributed by atoms with van der Waals surface area (Å²) >= 11 is 0. The molecule has 1 aromatic carbocycles. The van der Waals surface area contributed by atoms with Crippen molar-refractivity contribution in [1.29, 1.82) is 0 Å². The molecule has 22 heavy (non-hydrogen) atoms. The molecule has 1 aliphatic rings. The van der Waals surface area contributed by atoms with Gasteiger partial charge in [-0.1, -0.05) is 12.1 Å². The fraction of sp³-hybridized carbons (Fsp3) is 0.538. The van der Waals surface area contributed by atoms with Crippen molar-refractivity contribution in [3.05, 3.63) is 29.8 Å². The van der Waals surface area contributed by atoms with Gasteiger partial charge in [0.2, 0.25) is 10.0 Å². The molecule has 9 heteroatoms. The van der Waals surface area contributed by atoms with Crippen LogP contribution in [0.4, 0.5) is 13.2 Å². The van der Waals surface area contributed by atoms with E-state index in [4.69, 9.17) is 0 Å². The second-order valence-electron chi connectivity index (χ2n) is 4.94. The summed E-state index contributed by atoms with van der Waals surface area (Å²) in [5, 5.41) is 3.10. The van der Waals surface area contributed by atoms with Gasteiger partial charge in [0.05, 0.1) is 11.3 Å². The lowest BCUT2D eigenvalue weighted by Crippen LogP contribution is -2.34. The molecular formula is C13H18ClF3N2O2S. The van der Waals surface area contributed by atoms with Crippen LogP contribution in [0.1, 0.15) is 12.0 Å². The Labute approximate surface area is 134 Å². The second kappa shape index (κ2) is 7.63. The summed E-state index contributed by atoms with van der Waals surface area (Å²) in [6, 6.07) is 4.93. The zero-order valence-electron chi connectivity index (χ0n) is 11.8. The molecule has 126 valence electrons. The highest BCUT2D eigenvalue weighted by molar-refractivity contribution is 7.89. The number of hydrogen-bond acceptors (Lipinski definition) is 3. The summed E-state index contributed by atoms with van der Waals surface area (Å²) in [5.41, 5.74) is 0.0546. The first kappa shape index (κ1) is 19.2. The van der Waals surface area contributed by atoms with Crippen LogP contribution < -0.4 is 5.32 Å². The first-order valence-corrected chi connectivity index (χ1v) is 8.10. The van der Waals surface area contributed by atoms with Crippen LogP contribution in [-0.2, 0) is 16.4 Å². The second-order valence-corrected chi connectivity index (χ2v) is 6.88. The van der Waals surface area contributed by atoms with Crippen LogP contribution in [0.3, 0.4) is 0 Å². The lowest BCUT2D eigenvalue weighted by Gasteiger charge is -2.19. The quantitative estimate of drug-likeness (QED) is 0.901. The molecule has 0 radical (unpaired) electrons. The van der Waals surface area contributed by atoms with Crippen molar-refractivity contribution in [2.24, 2.45) is 0 Å². The third-order valence-corrected chi connectivity index (χ3v) is 5.18. The van der Waals surface area contributed by atoms with Crippen LogP contribution in [0.15, 0.2) is 29.2 Å². The average molecular weight is 359 g/mol. The summed E-state index contributed by atoms with van der Waals surface area (Å²) in [6.07, 6.45) is -4.64. The first-order valence-electron chi connectivity index (χ1n) is 6.66. The maximum atomic E-state index is 12.4. The Morgan fingerprint density at radius 2 is 1.73 bits per heavy atom. The molecule has 0 aliphatic carbocycles. The Bertz CT molecular complexity index is 568. The Morgan fingerprint density at radius 3 is 2.32 bits per heavy atom. The minimum Gasteiger partial charge on any atom is -0.315 e. The molecular weight excluding hydrogens is 341 g/mol. The van der Waals surface area contributed by atoms with Gasteiger partial charge in [0.15, 0.2) is 0 Å². The smallest absolute Gasteiger partial charge is 0.315 e. The monoisotopic (exact) mass is 358 g/mol. The molecule has 1 aromatic rings. The van der Waals surface area contributed by atoms with E-state index in [0.29, 0.717) is 26.1 Å². The number of hydrogen-bond donors (Lipinski definition) is 1. The van der Waals surface area contributed by atoms with Crippen LogP contribution in [0.2, 0.25) is 0 Å². The molecule has 0 amide bonds. The maximum absolute atomic E-state index is 12.4. The molecule has 0 spiro atoms. The summed E-state index contributed by atoms with van der Waals surface area (Å²) < 4.78 is 63.0. The zero-order valence-corrected chi connectivity index (χ0v) is 13.4. The van der Waals surface area contributed by atoms with E-state index >= 15 is 0 Å². The molecule has 1 N–H and O–H groups in total. The van der Waals surface area contributed by atoms with E-state index in [9.17, 15) is 21.6 Å². The molecule has 1 fully saturated rings. The van der Waals surface area contributed by atoms with Gasteiger partial charge in [0.25, 0.3) is 0 Å². The van der Waals surface area contributed by atoms with Crippen LogP contribution in [0, 0.1) is 0 Å². The Balaban J connectivity index is 0.00000242. The normalized spacial score (nSPS) is 17.6. The molecule has 1 heterocycles. The van der Waals surface area contributed by atoms with Gasteiger partial charge in [-0.05, 0) is 30.7 Å². The Morgan fingerprint density at radius 1 is 1.09 bits per heavy atom. The number of nitrogens with one attached hydrogen (secondary N) is 1. The number of alkyl halides is 3. The van der Waals surface area contributed by atoms with Crippen LogP contribution in [0.5, 0.6) is 0 Å². The van der Waals surface area contributed by atoms with E-state index in [1.165, 1.54) is 28.6 Å². The van der Waals surface area contributed by atoms with Crippen LogP contribution in [-0.4, -0.2) is 45.1 Å². The van der Waals surface area contributed by atoms with Crippen molar-refractivity contribution in [3.8, 4) is 0 Å². The van der Waals surface area contributed by atoms with Gasteiger partial charge in [0, 0.05) is 19.6 Å². The zero-order chi connectivity index (χ0) is 15.5. The summed E-state index contributed by atoms with van der Waals surface area (Å²) in [7, 11) is -3.63. The predicted molar refractivity (Wildman–Crippen MR) is 79.7 cm³/mol. The van der Waals surface area contributed by atoms with Gasteiger partial charge >= 0.3 is 6.18 Å². The number of halogens is 4. The van der Waals surface area contributed by atoms with Crippen molar-refractivity contribution < 1.29 is 21.6 Å². The lowest BCUT2D eigenvalue weighted by atomic mass is 10.1. The highest BCUT2D eigenvalue weighted by Gasteiger charge is 2.28. The molecule has 0 atom stereocenters. The summed E-state index contributed by atoms with van der Waals surface area (Å²) in [5.74, 6) is 0. The van der Waals surface area contributed by atoms with Crippen molar-refractivity contribution in [2.45, 2.75) is 23.9 Å². The number of rotatable bonds is 3.